The van der Waals surface area contributed by atoms with E-state index in [4.69, 9.17) is 16.3 Å². The maximum absolute atomic E-state index is 13.0. The average Bonchev–Trinajstić information content (AvgIpc) is 2.66. The minimum absolute atomic E-state index is 0.114. The average molecular weight is 425 g/mol. The zero-order valence-electron chi connectivity index (χ0n) is 16.1. The number of carbonyl (C=O) groups excluding carboxylic acids is 1. The van der Waals surface area contributed by atoms with Gasteiger partial charge in [-0.05, 0) is 36.1 Å². The summed E-state index contributed by atoms with van der Waals surface area (Å²) in [5, 5.41) is 3.05. The molecule has 0 heterocycles. The Morgan fingerprint density at radius 2 is 1.82 bits per heavy atom. The van der Waals surface area contributed by atoms with Crippen molar-refractivity contribution < 1.29 is 17.9 Å². The zero-order chi connectivity index (χ0) is 20.7. The maximum Gasteiger partial charge on any atom is 0.245 e. The van der Waals surface area contributed by atoms with E-state index in [0.29, 0.717) is 6.54 Å². The summed E-state index contributed by atoms with van der Waals surface area (Å²) in [4.78, 5) is 12.6. The summed E-state index contributed by atoms with van der Waals surface area (Å²) in [6.45, 7) is 4.38. The molecule has 2 aromatic rings. The molecule has 2 N–H and O–H groups in total. The monoisotopic (exact) mass is 424 g/mol. The van der Waals surface area contributed by atoms with Crippen molar-refractivity contribution in [3.05, 3.63) is 59.1 Å². The molecule has 0 spiro atoms. The second kappa shape index (κ2) is 9.91. The van der Waals surface area contributed by atoms with Crippen LogP contribution < -0.4 is 14.8 Å². The molecule has 0 aromatic heterocycles. The molecule has 1 atom stereocenters. The molecule has 0 aliphatic rings. The largest absolute Gasteiger partial charge is 0.495 e. The first-order chi connectivity index (χ1) is 13.2. The number of benzene rings is 2. The fourth-order valence-electron chi connectivity index (χ4n) is 2.58. The third-order valence-electron chi connectivity index (χ3n) is 4.00. The lowest BCUT2D eigenvalue weighted by Crippen LogP contribution is -2.48. The van der Waals surface area contributed by atoms with Gasteiger partial charge in [0.05, 0.1) is 7.11 Å². The second-order valence-corrected chi connectivity index (χ2v) is 8.92. The Balaban J connectivity index is 2.32. The highest BCUT2D eigenvalue weighted by atomic mass is 35.5. The third-order valence-corrected chi connectivity index (χ3v) is 5.72. The second-order valence-electron chi connectivity index (χ2n) is 6.80. The van der Waals surface area contributed by atoms with Crippen LogP contribution in [0.25, 0.3) is 0 Å². The van der Waals surface area contributed by atoms with Gasteiger partial charge in [-0.1, -0.05) is 55.8 Å². The number of sulfonamides is 1. The van der Waals surface area contributed by atoms with E-state index >= 15 is 0 Å². The van der Waals surface area contributed by atoms with Gasteiger partial charge in [-0.2, -0.15) is 4.72 Å². The molecule has 1 amide bonds. The number of halogens is 1. The number of amides is 1. The van der Waals surface area contributed by atoms with E-state index in [1.54, 1.807) is 0 Å². The summed E-state index contributed by atoms with van der Waals surface area (Å²) in [6.07, 6.45) is 0.215. The summed E-state index contributed by atoms with van der Waals surface area (Å²) in [5.74, 6) is 0.00558. The minimum atomic E-state index is -4.05. The number of nitrogens with one attached hydrogen (secondary N) is 2. The van der Waals surface area contributed by atoms with Crippen LogP contribution in [0.3, 0.4) is 0 Å². The third kappa shape index (κ3) is 6.22. The summed E-state index contributed by atoms with van der Waals surface area (Å²) < 4.78 is 33.6. The first kappa shape index (κ1) is 22.2. The predicted octanol–water partition coefficient (Wildman–Crippen LogP) is 3.01. The van der Waals surface area contributed by atoms with Crippen LogP contribution in [0.5, 0.6) is 5.75 Å². The molecule has 0 radical (unpaired) electrons. The molecule has 152 valence electrons. The summed E-state index contributed by atoms with van der Waals surface area (Å²) in [7, 11) is -2.67. The van der Waals surface area contributed by atoms with Crippen LogP contribution in [0, 0.1) is 5.92 Å². The molecule has 0 unspecified atom stereocenters. The maximum atomic E-state index is 13.0. The van der Waals surface area contributed by atoms with E-state index in [0.717, 1.165) is 5.56 Å². The lowest BCUT2D eigenvalue weighted by molar-refractivity contribution is -0.122. The molecule has 6 nitrogen and oxygen atoms in total. The highest BCUT2D eigenvalue weighted by Crippen LogP contribution is 2.27. The van der Waals surface area contributed by atoms with Crippen LogP contribution >= 0.6 is 11.6 Å². The first-order valence-corrected chi connectivity index (χ1v) is 10.8. The Morgan fingerprint density at radius 3 is 2.43 bits per heavy atom. The Hall–Kier alpha value is -2.09. The topological polar surface area (TPSA) is 84.5 Å². The van der Waals surface area contributed by atoms with Crippen molar-refractivity contribution in [1.29, 1.82) is 0 Å². The van der Waals surface area contributed by atoms with Gasteiger partial charge in [0.15, 0.2) is 0 Å². The SMILES string of the molecule is COc1ccc(Cl)cc1S(=O)(=O)N[C@@H](Cc1ccccc1)C(=O)NCC(C)C. The highest BCUT2D eigenvalue weighted by Gasteiger charge is 2.28. The fraction of sp³-hybridized carbons (Fsp3) is 0.350. The van der Waals surface area contributed by atoms with Crippen LogP contribution in [-0.4, -0.2) is 34.0 Å². The molecule has 0 aliphatic carbocycles. The van der Waals surface area contributed by atoms with Crippen LogP contribution in [0.4, 0.5) is 0 Å². The van der Waals surface area contributed by atoms with Gasteiger partial charge in [-0.25, -0.2) is 8.42 Å². The lowest BCUT2D eigenvalue weighted by atomic mass is 10.1. The standard InChI is InChI=1S/C20H25ClN2O4S/c1-14(2)13-22-20(24)17(11-15-7-5-4-6-8-15)23-28(25,26)19-12-16(21)9-10-18(19)27-3/h4-10,12,14,17,23H,11,13H2,1-3H3,(H,22,24)/t17-/m0/s1. The first-order valence-electron chi connectivity index (χ1n) is 8.90. The molecule has 0 saturated heterocycles. The molecule has 0 bridgehead atoms. The summed E-state index contributed by atoms with van der Waals surface area (Å²) in [5.41, 5.74) is 0.841. The summed E-state index contributed by atoms with van der Waals surface area (Å²) in [6, 6.07) is 12.6. The Kier molecular flexibility index (Phi) is 7.86. The molecule has 0 saturated carbocycles. The number of methoxy groups -OCH3 is 1. The Bertz CT molecular complexity index is 902. The quantitative estimate of drug-likeness (QED) is 0.648. The smallest absolute Gasteiger partial charge is 0.245 e. The van der Waals surface area contributed by atoms with Gasteiger partial charge in [0.1, 0.15) is 16.7 Å². The van der Waals surface area contributed by atoms with E-state index in [1.807, 2.05) is 44.2 Å². The molecule has 28 heavy (non-hydrogen) atoms. The van der Waals surface area contributed by atoms with Crippen molar-refractivity contribution in [2.75, 3.05) is 13.7 Å². The molecular weight excluding hydrogens is 400 g/mol. The number of rotatable bonds is 9. The molecule has 8 heteroatoms. The van der Waals surface area contributed by atoms with Gasteiger partial charge in [-0.15, -0.1) is 0 Å². The van der Waals surface area contributed by atoms with Crippen LogP contribution in [0.1, 0.15) is 19.4 Å². The molecular formula is C20H25ClN2O4S. The van der Waals surface area contributed by atoms with Crippen molar-refractivity contribution in [3.8, 4) is 5.75 Å². The van der Waals surface area contributed by atoms with Crippen molar-refractivity contribution >= 4 is 27.5 Å². The fourth-order valence-corrected chi connectivity index (χ4v) is 4.20. The van der Waals surface area contributed by atoms with Crippen LogP contribution in [-0.2, 0) is 21.2 Å². The van der Waals surface area contributed by atoms with E-state index in [1.165, 1.54) is 25.3 Å². The highest BCUT2D eigenvalue weighted by molar-refractivity contribution is 7.89. The molecule has 2 aromatic carbocycles. The van der Waals surface area contributed by atoms with Crippen LogP contribution in [0.15, 0.2) is 53.4 Å². The van der Waals surface area contributed by atoms with E-state index in [9.17, 15) is 13.2 Å². The number of ether oxygens (including phenoxy) is 1. The molecule has 2 rings (SSSR count). The van der Waals surface area contributed by atoms with Crippen molar-refractivity contribution in [3.63, 3.8) is 0 Å². The van der Waals surface area contributed by atoms with E-state index < -0.39 is 16.1 Å². The minimum Gasteiger partial charge on any atom is -0.495 e. The number of hydrogen-bond donors (Lipinski definition) is 2. The van der Waals surface area contributed by atoms with E-state index in [2.05, 4.69) is 10.0 Å². The normalized spacial score (nSPS) is 12.6. The van der Waals surface area contributed by atoms with E-state index in [-0.39, 0.29) is 33.9 Å². The number of hydrogen-bond acceptors (Lipinski definition) is 4. The zero-order valence-corrected chi connectivity index (χ0v) is 17.7. The number of carbonyl (C=O) groups is 1. The van der Waals surface area contributed by atoms with Crippen molar-refractivity contribution in [2.45, 2.75) is 31.2 Å². The van der Waals surface area contributed by atoms with Gasteiger partial charge in [0.2, 0.25) is 15.9 Å². The summed E-state index contributed by atoms with van der Waals surface area (Å²) >= 11 is 5.97. The van der Waals surface area contributed by atoms with Gasteiger partial charge in [0.25, 0.3) is 0 Å². The molecule has 0 fully saturated rings. The Morgan fingerprint density at radius 1 is 1.14 bits per heavy atom. The Labute approximate surface area is 171 Å². The lowest BCUT2D eigenvalue weighted by Gasteiger charge is -2.20. The van der Waals surface area contributed by atoms with Gasteiger partial charge in [0, 0.05) is 11.6 Å². The van der Waals surface area contributed by atoms with Crippen molar-refractivity contribution in [2.24, 2.45) is 5.92 Å². The molecule has 0 aliphatic heterocycles. The van der Waals surface area contributed by atoms with Gasteiger partial charge in [-0.3, -0.25) is 4.79 Å². The van der Waals surface area contributed by atoms with Crippen molar-refractivity contribution in [1.82, 2.24) is 10.0 Å². The van der Waals surface area contributed by atoms with Gasteiger partial charge < -0.3 is 10.1 Å². The van der Waals surface area contributed by atoms with Crippen LogP contribution in [0.2, 0.25) is 5.02 Å². The van der Waals surface area contributed by atoms with Gasteiger partial charge >= 0.3 is 0 Å². The predicted molar refractivity (Wildman–Crippen MR) is 110 cm³/mol.